The minimum atomic E-state index is 0.779. The van der Waals surface area contributed by atoms with E-state index in [0.29, 0.717) is 0 Å². The van der Waals surface area contributed by atoms with Crippen molar-refractivity contribution < 1.29 is 9.47 Å². The largest absolute Gasteiger partial charge is 0.497 e. The highest BCUT2D eigenvalue weighted by molar-refractivity contribution is 9.10. The minimum Gasteiger partial charge on any atom is -0.497 e. The Kier molecular flexibility index (Phi) is 5.44. The fraction of sp³-hybridized carbons (Fsp3) is 0.250. The summed E-state index contributed by atoms with van der Waals surface area (Å²) in [4.78, 5) is 0. The van der Waals surface area contributed by atoms with E-state index in [1.807, 2.05) is 36.4 Å². The van der Waals surface area contributed by atoms with Crippen molar-refractivity contribution in [2.45, 2.75) is 13.5 Å². The molecular formula is C16H18BrNO2. The number of hydrogen-bond acceptors (Lipinski definition) is 3. The van der Waals surface area contributed by atoms with Crippen molar-refractivity contribution in [3.63, 3.8) is 0 Å². The smallest absolute Gasteiger partial charge is 0.131 e. The Balaban J connectivity index is 2.18. The van der Waals surface area contributed by atoms with Gasteiger partial charge in [0.15, 0.2) is 0 Å². The molecule has 20 heavy (non-hydrogen) atoms. The van der Waals surface area contributed by atoms with Crippen LogP contribution in [0.25, 0.3) is 0 Å². The number of halogens is 1. The van der Waals surface area contributed by atoms with Crippen LogP contribution in [0.2, 0.25) is 0 Å². The number of ether oxygens (including phenoxy) is 2. The van der Waals surface area contributed by atoms with Crippen molar-refractivity contribution in [3.8, 4) is 17.2 Å². The van der Waals surface area contributed by atoms with Crippen molar-refractivity contribution in [1.29, 1.82) is 0 Å². The molecule has 3 nitrogen and oxygen atoms in total. The first-order chi connectivity index (χ1) is 9.72. The van der Waals surface area contributed by atoms with E-state index in [1.54, 1.807) is 7.11 Å². The molecule has 0 saturated heterocycles. The van der Waals surface area contributed by atoms with E-state index in [1.165, 1.54) is 0 Å². The van der Waals surface area contributed by atoms with Gasteiger partial charge in [-0.1, -0.05) is 22.9 Å². The molecule has 0 unspecified atom stereocenters. The Labute approximate surface area is 128 Å². The quantitative estimate of drug-likeness (QED) is 0.850. The van der Waals surface area contributed by atoms with Crippen molar-refractivity contribution in [2.75, 3.05) is 13.7 Å². The van der Waals surface area contributed by atoms with Gasteiger partial charge in [-0.05, 0) is 49.0 Å². The van der Waals surface area contributed by atoms with E-state index in [4.69, 9.17) is 9.47 Å². The zero-order valence-electron chi connectivity index (χ0n) is 11.7. The Morgan fingerprint density at radius 1 is 1.05 bits per heavy atom. The van der Waals surface area contributed by atoms with Gasteiger partial charge in [0.1, 0.15) is 17.2 Å². The molecule has 0 fully saturated rings. The lowest BCUT2D eigenvalue weighted by molar-refractivity contribution is 0.412. The predicted molar refractivity (Wildman–Crippen MR) is 84.6 cm³/mol. The fourth-order valence-corrected chi connectivity index (χ4v) is 2.22. The van der Waals surface area contributed by atoms with Crippen LogP contribution in [0.15, 0.2) is 46.9 Å². The van der Waals surface area contributed by atoms with Crippen molar-refractivity contribution in [3.05, 3.63) is 52.5 Å². The highest BCUT2D eigenvalue weighted by Crippen LogP contribution is 2.29. The first kappa shape index (κ1) is 14.9. The van der Waals surface area contributed by atoms with Crippen LogP contribution in [0.5, 0.6) is 17.2 Å². The topological polar surface area (TPSA) is 30.5 Å². The third-order valence-electron chi connectivity index (χ3n) is 2.88. The van der Waals surface area contributed by atoms with E-state index in [9.17, 15) is 0 Å². The summed E-state index contributed by atoms with van der Waals surface area (Å²) in [6, 6.07) is 13.6. The Morgan fingerprint density at radius 2 is 1.75 bits per heavy atom. The summed E-state index contributed by atoms with van der Waals surface area (Å²) in [5, 5.41) is 3.32. The number of benzene rings is 2. The van der Waals surface area contributed by atoms with Crippen LogP contribution in [0.4, 0.5) is 0 Å². The second-order valence-corrected chi connectivity index (χ2v) is 5.23. The number of rotatable bonds is 6. The molecule has 106 valence electrons. The van der Waals surface area contributed by atoms with E-state index in [2.05, 4.69) is 34.2 Å². The first-order valence-corrected chi connectivity index (χ1v) is 7.33. The molecule has 0 spiro atoms. The summed E-state index contributed by atoms with van der Waals surface area (Å²) in [6.07, 6.45) is 0. The second-order valence-electron chi connectivity index (χ2n) is 4.31. The Morgan fingerprint density at radius 3 is 2.40 bits per heavy atom. The third-order valence-corrected chi connectivity index (χ3v) is 3.37. The van der Waals surface area contributed by atoms with E-state index < -0.39 is 0 Å². The molecule has 0 atom stereocenters. The van der Waals surface area contributed by atoms with Gasteiger partial charge >= 0.3 is 0 Å². The van der Waals surface area contributed by atoms with Gasteiger partial charge in [-0.2, -0.15) is 0 Å². The molecule has 0 aliphatic rings. The molecule has 0 aliphatic heterocycles. The van der Waals surface area contributed by atoms with Crippen LogP contribution in [-0.2, 0) is 6.54 Å². The van der Waals surface area contributed by atoms with Gasteiger partial charge in [0.2, 0.25) is 0 Å². The van der Waals surface area contributed by atoms with E-state index >= 15 is 0 Å². The Bertz CT molecular complexity index is 555. The van der Waals surface area contributed by atoms with Gasteiger partial charge in [-0.15, -0.1) is 0 Å². The lowest BCUT2D eigenvalue weighted by atomic mass is 10.2. The summed E-state index contributed by atoms with van der Waals surface area (Å²) < 4.78 is 12.1. The van der Waals surface area contributed by atoms with Gasteiger partial charge in [-0.3, -0.25) is 0 Å². The molecule has 0 bridgehead atoms. The summed E-state index contributed by atoms with van der Waals surface area (Å²) in [7, 11) is 1.65. The van der Waals surface area contributed by atoms with Crippen LogP contribution < -0.4 is 14.8 Å². The molecule has 0 amide bonds. The summed E-state index contributed by atoms with van der Waals surface area (Å²) in [5.74, 6) is 2.48. The monoisotopic (exact) mass is 335 g/mol. The molecule has 2 rings (SSSR count). The number of methoxy groups -OCH3 is 1. The summed E-state index contributed by atoms with van der Waals surface area (Å²) in [5.41, 5.74) is 1.12. The minimum absolute atomic E-state index is 0.779. The molecule has 0 radical (unpaired) electrons. The van der Waals surface area contributed by atoms with Crippen molar-refractivity contribution >= 4 is 15.9 Å². The predicted octanol–water partition coefficient (Wildman–Crippen LogP) is 4.36. The van der Waals surface area contributed by atoms with Crippen LogP contribution in [0, 0.1) is 0 Å². The lowest BCUT2D eigenvalue weighted by Gasteiger charge is -2.12. The van der Waals surface area contributed by atoms with Crippen LogP contribution in [0.3, 0.4) is 0 Å². The zero-order chi connectivity index (χ0) is 14.4. The van der Waals surface area contributed by atoms with Gasteiger partial charge in [0.05, 0.1) is 7.11 Å². The second kappa shape index (κ2) is 7.31. The van der Waals surface area contributed by atoms with Crippen LogP contribution >= 0.6 is 15.9 Å². The normalized spacial score (nSPS) is 10.3. The molecular weight excluding hydrogens is 318 g/mol. The van der Waals surface area contributed by atoms with Gasteiger partial charge < -0.3 is 14.8 Å². The van der Waals surface area contributed by atoms with Crippen LogP contribution in [-0.4, -0.2) is 13.7 Å². The molecule has 2 aromatic rings. The van der Waals surface area contributed by atoms with Gasteiger partial charge in [0.25, 0.3) is 0 Å². The highest BCUT2D eigenvalue weighted by Gasteiger charge is 2.06. The standard InChI is InChI=1S/C16H18BrNO2/c1-3-18-11-12-10-13(17)4-9-16(12)20-15-7-5-14(19-2)6-8-15/h4-10,18H,3,11H2,1-2H3. The third kappa shape index (κ3) is 3.99. The van der Waals surface area contributed by atoms with Crippen molar-refractivity contribution in [1.82, 2.24) is 5.32 Å². The molecule has 0 saturated carbocycles. The average Bonchev–Trinajstić information content (AvgIpc) is 2.48. The molecule has 2 aromatic carbocycles. The molecule has 4 heteroatoms. The molecule has 1 N–H and O–H groups in total. The first-order valence-electron chi connectivity index (χ1n) is 6.54. The zero-order valence-corrected chi connectivity index (χ0v) is 13.2. The van der Waals surface area contributed by atoms with Crippen molar-refractivity contribution in [2.24, 2.45) is 0 Å². The van der Waals surface area contributed by atoms with E-state index in [-0.39, 0.29) is 0 Å². The average molecular weight is 336 g/mol. The SMILES string of the molecule is CCNCc1cc(Br)ccc1Oc1ccc(OC)cc1. The maximum Gasteiger partial charge on any atom is 0.131 e. The maximum atomic E-state index is 5.94. The van der Waals surface area contributed by atoms with Crippen LogP contribution in [0.1, 0.15) is 12.5 Å². The molecule has 0 aliphatic carbocycles. The lowest BCUT2D eigenvalue weighted by Crippen LogP contribution is -2.12. The maximum absolute atomic E-state index is 5.94. The van der Waals surface area contributed by atoms with E-state index in [0.717, 1.165) is 40.4 Å². The molecule has 0 aromatic heterocycles. The fourth-order valence-electron chi connectivity index (χ4n) is 1.82. The summed E-state index contributed by atoms with van der Waals surface area (Å²) >= 11 is 3.49. The highest BCUT2D eigenvalue weighted by atomic mass is 79.9. The van der Waals surface area contributed by atoms with Gasteiger partial charge in [-0.25, -0.2) is 0 Å². The van der Waals surface area contributed by atoms with Gasteiger partial charge in [0, 0.05) is 16.6 Å². The number of hydrogen-bond donors (Lipinski definition) is 1. The summed E-state index contributed by atoms with van der Waals surface area (Å²) in [6.45, 7) is 3.79. The number of nitrogens with one attached hydrogen (secondary N) is 1. The Hall–Kier alpha value is -1.52. The molecule has 0 heterocycles.